The van der Waals surface area contributed by atoms with Crippen LogP contribution in [0.4, 0.5) is 4.79 Å². The first kappa shape index (κ1) is 18.1. The lowest BCUT2D eigenvalue weighted by atomic mass is 10.1. The van der Waals surface area contributed by atoms with Gasteiger partial charge in [-0.2, -0.15) is 0 Å². The summed E-state index contributed by atoms with van der Waals surface area (Å²) in [6, 6.07) is 14.2. The molecule has 0 spiro atoms. The Hall–Kier alpha value is -2.24. The molecule has 2 amide bonds. The quantitative estimate of drug-likeness (QED) is 0.720. The Morgan fingerprint density at radius 2 is 1.88 bits per heavy atom. The van der Waals surface area contributed by atoms with Gasteiger partial charge in [0.05, 0.1) is 13.2 Å². The maximum Gasteiger partial charge on any atom is 0.314 e. The number of nitrogens with one attached hydrogen (secondary N) is 2. The van der Waals surface area contributed by atoms with Crippen molar-refractivity contribution in [3.63, 3.8) is 0 Å². The molecule has 0 saturated carbocycles. The van der Waals surface area contributed by atoms with Crippen LogP contribution in [-0.2, 0) is 6.42 Å². The van der Waals surface area contributed by atoms with Gasteiger partial charge < -0.3 is 20.5 Å². The average Bonchev–Trinajstić information content (AvgIpc) is 2.60. The minimum absolute atomic E-state index is 0.127. The van der Waals surface area contributed by atoms with Crippen molar-refractivity contribution in [2.24, 2.45) is 0 Å². The van der Waals surface area contributed by atoms with E-state index in [1.165, 1.54) is 0 Å². The van der Waals surface area contributed by atoms with E-state index in [4.69, 9.17) is 16.3 Å². The Kier molecular flexibility index (Phi) is 6.90. The van der Waals surface area contributed by atoms with Gasteiger partial charge in [0, 0.05) is 18.1 Å². The van der Waals surface area contributed by atoms with Crippen molar-refractivity contribution in [1.29, 1.82) is 0 Å². The molecule has 0 saturated heterocycles. The number of ether oxygens (including phenoxy) is 1. The standard InChI is InChI=1S/C18H21ClN2O3/c1-24-17-5-3-2-4-14(17)10-11-20-18(23)21-12-16(22)13-6-8-15(19)9-7-13/h2-9,16,22H,10-12H2,1H3,(H2,20,21,23)/t16-/m1/s1. The van der Waals surface area contributed by atoms with Crippen LogP contribution >= 0.6 is 11.6 Å². The van der Waals surface area contributed by atoms with Crippen LogP contribution < -0.4 is 15.4 Å². The third kappa shape index (κ3) is 5.44. The van der Waals surface area contributed by atoms with E-state index in [1.807, 2.05) is 24.3 Å². The van der Waals surface area contributed by atoms with E-state index in [9.17, 15) is 9.90 Å². The Labute approximate surface area is 146 Å². The number of aliphatic hydroxyl groups excluding tert-OH is 1. The van der Waals surface area contributed by atoms with Gasteiger partial charge in [0.2, 0.25) is 0 Å². The molecule has 0 bridgehead atoms. The monoisotopic (exact) mass is 348 g/mol. The molecule has 1 atom stereocenters. The zero-order valence-electron chi connectivity index (χ0n) is 13.5. The van der Waals surface area contributed by atoms with E-state index in [0.717, 1.165) is 11.3 Å². The summed E-state index contributed by atoms with van der Waals surface area (Å²) < 4.78 is 5.27. The van der Waals surface area contributed by atoms with Crippen LogP contribution in [0, 0.1) is 0 Å². The van der Waals surface area contributed by atoms with Crippen molar-refractivity contribution in [2.75, 3.05) is 20.2 Å². The van der Waals surface area contributed by atoms with Gasteiger partial charge in [-0.3, -0.25) is 0 Å². The number of hydrogen-bond acceptors (Lipinski definition) is 3. The molecule has 2 rings (SSSR count). The van der Waals surface area contributed by atoms with E-state index >= 15 is 0 Å². The smallest absolute Gasteiger partial charge is 0.314 e. The Bertz CT molecular complexity index is 662. The SMILES string of the molecule is COc1ccccc1CCNC(=O)NC[C@@H](O)c1ccc(Cl)cc1. The van der Waals surface area contributed by atoms with Gasteiger partial charge in [-0.1, -0.05) is 41.9 Å². The van der Waals surface area contributed by atoms with E-state index in [0.29, 0.717) is 23.6 Å². The van der Waals surface area contributed by atoms with Crippen LogP contribution in [0.1, 0.15) is 17.2 Å². The summed E-state index contributed by atoms with van der Waals surface area (Å²) >= 11 is 5.80. The van der Waals surface area contributed by atoms with Gasteiger partial charge in [-0.15, -0.1) is 0 Å². The highest BCUT2D eigenvalue weighted by Crippen LogP contribution is 2.17. The van der Waals surface area contributed by atoms with Gasteiger partial charge in [0.25, 0.3) is 0 Å². The normalized spacial score (nSPS) is 11.6. The van der Waals surface area contributed by atoms with Crippen LogP contribution in [0.25, 0.3) is 0 Å². The summed E-state index contributed by atoms with van der Waals surface area (Å²) in [6.07, 6.45) is -0.112. The Balaban J connectivity index is 1.72. The van der Waals surface area contributed by atoms with Crippen LogP contribution in [0.2, 0.25) is 5.02 Å². The molecule has 2 aromatic carbocycles. The molecule has 0 fully saturated rings. The number of urea groups is 1. The molecular formula is C18H21ClN2O3. The third-order valence-corrected chi connectivity index (χ3v) is 3.84. The second kappa shape index (κ2) is 9.15. The minimum atomic E-state index is -0.776. The van der Waals surface area contributed by atoms with E-state index in [-0.39, 0.29) is 12.6 Å². The summed E-state index contributed by atoms with van der Waals surface area (Å²) in [5.41, 5.74) is 1.73. The largest absolute Gasteiger partial charge is 0.496 e. The Morgan fingerprint density at radius 3 is 2.58 bits per heavy atom. The fraction of sp³-hybridized carbons (Fsp3) is 0.278. The summed E-state index contributed by atoms with van der Waals surface area (Å²) in [5, 5.41) is 16.0. The van der Waals surface area contributed by atoms with Gasteiger partial charge in [-0.05, 0) is 35.7 Å². The van der Waals surface area contributed by atoms with Crippen molar-refractivity contribution in [2.45, 2.75) is 12.5 Å². The number of halogens is 1. The number of carbonyl (C=O) groups is 1. The number of aliphatic hydroxyl groups is 1. The maximum atomic E-state index is 11.8. The van der Waals surface area contributed by atoms with Crippen molar-refractivity contribution >= 4 is 17.6 Å². The molecule has 6 heteroatoms. The molecule has 0 aliphatic rings. The zero-order valence-corrected chi connectivity index (χ0v) is 14.2. The highest BCUT2D eigenvalue weighted by atomic mass is 35.5. The molecule has 2 aromatic rings. The van der Waals surface area contributed by atoms with E-state index < -0.39 is 6.10 Å². The van der Waals surface area contributed by atoms with Crippen molar-refractivity contribution in [3.05, 3.63) is 64.7 Å². The number of para-hydroxylation sites is 1. The summed E-state index contributed by atoms with van der Waals surface area (Å²) in [5.74, 6) is 0.804. The van der Waals surface area contributed by atoms with Crippen LogP contribution in [0.3, 0.4) is 0 Å². The topological polar surface area (TPSA) is 70.6 Å². The average molecular weight is 349 g/mol. The third-order valence-electron chi connectivity index (χ3n) is 3.58. The highest BCUT2D eigenvalue weighted by molar-refractivity contribution is 6.30. The fourth-order valence-corrected chi connectivity index (χ4v) is 2.40. The molecule has 0 radical (unpaired) electrons. The summed E-state index contributed by atoms with van der Waals surface area (Å²) in [7, 11) is 1.62. The predicted molar refractivity (Wildman–Crippen MR) is 94.5 cm³/mol. The molecule has 0 unspecified atom stereocenters. The maximum absolute atomic E-state index is 11.8. The van der Waals surface area contributed by atoms with Gasteiger partial charge >= 0.3 is 6.03 Å². The first-order chi connectivity index (χ1) is 11.6. The second-order valence-corrected chi connectivity index (χ2v) is 5.70. The molecule has 128 valence electrons. The lowest BCUT2D eigenvalue weighted by Gasteiger charge is -2.13. The van der Waals surface area contributed by atoms with Crippen molar-refractivity contribution < 1.29 is 14.6 Å². The lowest BCUT2D eigenvalue weighted by Crippen LogP contribution is -2.38. The first-order valence-electron chi connectivity index (χ1n) is 7.67. The number of methoxy groups -OCH3 is 1. The number of rotatable bonds is 7. The van der Waals surface area contributed by atoms with E-state index in [1.54, 1.807) is 31.4 Å². The van der Waals surface area contributed by atoms with Gasteiger partial charge in [0.15, 0.2) is 0 Å². The highest BCUT2D eigenvalue weighted by Gasteiger charge is 2.09. The number of carbonyl (C=O) groups excluding carboxylic acids is 1. The van der Waals surface area contributed by atoms with E-state index in [2.05, 4.69) is 10.6 Å². The predicted octanol–water partition coefficient (Wildman–Crippen LogP) is 2.92. The zero-order chi connectivity index (χ0) is 17.4. The van der Waals surface area contributed by atoms with Crippen molar-refractivity contribution in [3.8, 4) is 5.75 Å². The molecule has 0 aliphatic carbocycles. The lowest BCUT2D eigenvalue weighted by molar-refractivity contribution is 0.173. The van der Waals surface area contributed by atoms with Crippen LogP contribution in [-0.4, -0.2) is 31.3 Å². The summed E-state index contributed by atoms with van der Waals surface area (Å²) in [4.78, 5) is 11.8. The number of benzene rings is 2. The molecule has 0 heterocycles. The van der Waals surface area contributed by atoms with Gasteiger partial charge in [0.1, 0.15) is 5.75 Å². The molecule has 3 N–H and O–H groups in total. The summed E-state index contributed by atoms with van der Waals surface area (Å²) in [6.45, 7) is 0.603. The second-order valence-electron chi connectivity index (χ2n) is 5.27. The fourth-order valence-electron chi connectivity index (χ4n) is 2.27. The Morgan fingerprint density at radius 1 is 1.17 bits per heavy atom. The molecule has 5 nitrogen and oxygen atoms in total. The molecular weight excluding hydrogens is 328 g/mol. The number of amides is 2. The van der Waals surface area contributed by atoms with Gasteiger partial charge in [-0.25, -0.2) is 4.79 Å². The molecule has 0 aromatic heterocycles. The van der Waals surface area contributed by atoms with Crippen molar-refractivity contribution in [1.82, 2.24) is 10.6 Å². The molecule has 24 heavy (non-hydrogen) atoms. The van der Waals surface area contributed by atoms with Crippen LogP contribution in [0.5, 0.6) is 5.75 Å². The van der Waals surface area contributed by atoms with Crippen LogP contribution in [0.15, 0.2) is 48.5 Å². The molecule has 0 aliphatic heterocycles. The minimum Gasteiger partial charge on any atom is -0.496 e. The number of hydrogen-bond donors (Lipinski definition) is 3. The first-order valence-corrected chi connectivity index (χ1v) is 8.05.